The molecule has 1 rings (SSSR count). The van der Waals surface area contributed by atoms with Crippen molar-refractivity contribution in [3.05, 3.63) is 35.6 Å². The summed E-state index contributed by atoms with van der Waals surface area (Å²) in [4.78, 5) is 0. The topological polar surface area (TPSA) is 21.3 Å². The number of halogens is 1. The molecule has 1 atom stereocenters. The van der Waals surface area contributed by atoms with E-state index < -0.39 is 0 Å². The van der Waals surface area contributed by atoms with Gasteiger partial charge in [0.15, 0.2) is 0 Å². The highest BCUT2D eigenvalue weighted by Crippen LogP contribution is 2.20. The molecule has 2 nitrogen and oxygen atoms in total. The lowest BCUT2D eigenvalue weighted by molar-refractivity contribution is 0.0733. The Kier molecular flexibility index (Phi) is 6.91. The molecule has 1 aromatic carbocycles. The molecular formula is C15H24FNO. The maximum atomic E-state index is 13.2. The van der Waals surface area contributed by atoms with Crippen LogP contribution in [0.4, 0.5) is 4.39 Å². The lowest BCUT2D eigenvalue weighted by atomic mass is 9.96. The number of ether oxygens (including phenoxy) is 1. The highest BCUT2D eigenvalue weighted by molar-refractivity contribution is 5.21. The number of hydrogen-bond acceptors (Lipinski definition) is 2. The van der Waals surface area contributed by atoms with Crippen molar-refractivity contribution in [2.45, 2.75) is 39.2 Å². The third-order valence-electron chi connectivity index (χ3n) is 2.88. The first-order valence-corrected chi connectivity index (χ1v) is 6.71. The number of likely N-dealkylation sites (N-methyl/N-ethyl adjacent to an activating group) is 1. The second-order valence-corrected chi connectivity index (χ2v) is 4.77. The van der Waals surface area contributed by atoms with Gasteiger partial charge in [0.1, 0.15) is 5.82 Å². The highest BCUT2D eigenvalue weighted by atomic mass is 19.1. The van der Waals surface area contributed by atoms with Crippen LogP contribution >= 0.6 is 0 Å². The molecule has 3 heteroatoms. The Hall–Kier alpha value is -0.930. The molecule has 0 aromatic heterocycles. The summed E-state index contributed by atoms with van der Waals surface area (Å²) in [6.07, 6.45) is 1.16. The maximum Gasteiger partial charge on any atom is 0.123 e. The first kappa shape index (κ1) is 15.1. The molecule has 0 spiro atoms. The molecule has 0 amide bonds. The van der Waals surface area contributed by atoms with Crippen LogP contribution in [0.2, 0.25) is 0 Å². The van der Waals surface area contributed by atoms with Crippen LogP contribution in [0.15, 0.2) is 24.3 Å². The third kappa shape index (κ3) is 5.61. The van der Waals surface area contributed by atoms with E-state index in [2.05, 4.69) is 12.2 Å². The van der Waals surface area contributed by atoms with Gasteiger partial charge >= 0.3 is 0 Å². The summed E-state index contributed by atoms with van der Waals surface area (Å²) in [6.45, 7) is 8.64. The zero-order valence-corrected chi connectivity index (χ0v) is 11.6. The van der Waals surface area contributed by atoms with Crippen LogP contribution in [0.3, 0.4) is 0 Å². The molecule has 102 valence electrons. The number of benzene rings is 1. The van der Waals surface area contributed by atoms with E-state index in [0.717, 1.165) is 25.1 Å². The monoisotopic (exact) mass is 253 g/mol. The van der Waals surface area contributed by atoms with Gasteiger partial charge in [0, 0.05) is 13.2 Å². The van der Waals surface area contributed by atoms with Crippen LogP contribution in [0.5, 0.6) is 0 Å². The molecule has 0 radical (unpaired) electrons. The van der Waals surface area contributed by atoms with Crippen molar-refractivity contribution in [3.8, 4) is 0 Å². The molecule has 0 bridgehead atoms. The minimum atomic E-state index is -0.168. The van der Waals surface area contributed by atoms with Gasteiger partial charge in [0.2, 0.25) is 0 Å². The molecule has 0 saturated heterocycles. The van der Waals surface area contributed by atoms with Crippen molar-refractivity contribution in [2.75, 3.05) is 19.7 Å². The molecule has 0 saturated carbocycles. The van der Waals surface area contributed by atoms with Gasteiger partial charge in [-0.25, -0.2) is 4.39 Å². The summed E-state index contributed by atoms with van der Waals surface area (Å²) >= 11 is 0. The Bertz CT molecular complexity index is 341. The van der Waals surface area contributed by atoms with E-state index in [1.807, 2.05) is 19.9 Å². The fourth-order valence-electron chi connectivity index (χ4n) is 1.91. The van der Waals surface area contributed by atoms with Crippen molar-refractivity contribution in [1.82, 2.24) is 5.32 Å². The largest absolute Gasteiger partial charge is 0.379 e. The summed E-state index contributed by atoms with van der Waals surface area (Å²) < 4.78 is 18.8. The van der Waals surface area contributed by atoms with Crippen molar-refractivity contribution in [3.63, 3.8) is 0 Å². The second kappa shape index (κ2) is 8.22. The van der Waals surface area contributed by atoms with E-state index in [4.69, 9.17) is 4.74 Å². The molecule has 0 aliphatic heterocycles. The predicted molar refractivity (Wildman–Crippen MR) is 73.4 cm³/mol. The van der Waals surface area contributed by atoms with Crippen molar-refractivity contribution < 1.29 is 9.13 Å². The standard InChI is InChI=1S/C15H24FNO/c1-4-17-11-14(8-9-18-12(2)3)13-6-5-7-15(16)10-13/h5-7,10,12,14,17H,4,8-9,11H2,1-3H3. The molecule has 1 unspecified atom stereocenters. The first-order chi connectivity index (χ1) is 8.63. The van der Waals surface area contributed by atoms with Crippen LogP contribution in [0.25, 0.3) is 0 Å². The summed E-state index contributed by atoms with van der Waals surface area (Å²) in [7, 11) is 0. The average Bonchev–Trinajstić information content (AvgIpc) is 2.33. The predicted octanol–water partition coefficient (Wildman–Crippen LogP) is 3.33. The Morgan fingerprint density at radius 2 is 2.11 bits per heavy atom. The lowest BCUT2D eigenvalue weighted by Crippen LogP contribution is -2.22. The minimum Gasteiger partial charge on any atom is -0.379 e. The summed E-state index contributed by atoms with van der Waals surface area (Å²) in [6, 6.07) is 6.86. The van der Waals surface area contributed by atoms with E-state index >= 15 is 0 Å². The number of rotatable bonds is 8. The fraction of sp³-hybridized carbons (Fsp3) is 0.600. The molecule has 0 aliphatic rings. The van der Waals surface area contributed by atoms with Gasteiger partial charge in [0.25, 0.3) is 0 Å². The van der Waals surface area contributed by atoms with Gasteiger partial charge in [-0.15, -0.1) is 0 Å². The van der Waals surface area contributed by atoms with Gasteiger partial charge in [-0.05, 0) is 50.4 Å². The minimum absolute atomic E-state index is 0.168. The maximum absolute atomic E-state index is 13.2. The Morgan fingerprint density at radius 1 is 1.33 bits per heavy atom. The van der Waals surface area contributed by atoms with Crippen LogP contribution in [-0.4, -0.2) is 25.8 Å². The van der Waals surface area contributed by atoms with Crippen LogP contribution in [0, 0.1) is 5.82 Å². The second-order valence-electron chi connectivity index (χ2n) is 4.77. The van der Waals surface area contributed by atoms with Crippen molar-refractivity contribution in [2.24, 2.45) is 0 Å². The zero-order valence-electron chi connectivity index (χ0n) is 11.6. The fourth-order valence-corrected chi connectivity index (χ4v) is 1.91. The summed E-state index contributed by atoms with van der Waals surface area (Å²) in [5.41, 5.74) is 1.04. The quantitative estimate of drug-likeness (QED) is 0.767. The first-order valence-electron chi connectivity index (χ1n) is 6.71. The van der Waals surface area contributed by atoms with Crippen LogP contribution in [-0.2, 0) is 4.74 Å². The summed E-state index contributed by atoms with van der Waals surface area (Å²) in [5.74, 6) is 0.137. The van der Waals surface area contributed by atoms with Gasteiger partial charge in [-0.1, -0.05) is 19.1 Å². The van der Waals surface area contributed by atoms with E-state index in [9.17, 15) is 4.39 Å². The Balaban J connectivity index is 2.59. The van der Waals surface area contributed by atoms with E-state index in [0.29, 0.717) is 12.5 Å². The SMILES string of the molecule is CCNCC(CCOC(C)C)c1cccc(F)c1. The molecule has 1 N–H and O–H groups in total. The number of hydrogen-bond donors (Lipinski definition) is 1. The van der Waals surface area contributed by atoms with Crippen LogP contribution in [0.1, 0.15) is 38.7 Å². The third-order valence-corrected chi connectivity index (χ3v) is 2.88. The molecule has 0 aliphatic carbocycles. The van der Waals surface area contributed by atoms with Gasteiger partial charge in [-0.3, -0.25) is 0 Å². The molecule has 0 fully saturated rings. The van der Waals surface area contributed by atoms with E-state index in [1.54, 1.807) is 12.1 Å². The van der Waals surface area contributed by atoms with E-state index in [1.165, 1.54) is 6.07 Å². The lowest BCUT2D eigenvalue weighted by Gasteiger charge is -2.18. The molecular weight excluding hydrogens is 229 g/mol. The molecule has 0 heterocycles. The van der Waals surface area contributed by atoms with E-state index in [-0.39, 0.29) is 11.9 Å². The normalized spacial score (nSPS) is 12.9. The number of nitrogens with one attached hydrogen (secondary N) is 1. The van der Waals surface area contributed by atoms with Crippen molar-refractivity contribution >= 4 is 0 Å². The molecule has 18 heavy (non-hydrogen) atoms. The molecule has 1 aromatic rings. The zero-order chi connectivity index (χ0) is 13.4. The van der Waals surface area contributed by atoms with Gasteiger partial charge in [-0.2, -0.15) is 0 Å². The van der Waals surface area contributed by atoms with Crippen LogP contribution < -0.4 is 5.32 Å². The summed E-state index contributed by atoms with van der Waals surface area (Å²) in [5, 5.41) is 3.33. The average molecular weight is 253 g/mol. The Morgan fingerprint density at radius 3 is 2.72 bits per heavy atom. The Labute approximate surface area is 110 Å². The van der Waals surface area contributed by atoms with Gasteiger partial charge < -0.3 is 10.1 Å². The van der Waals surface area contributed by atoms with Gasteiger partial charge in [0.05, 0.1) is 6.10 Å². The van der Waals surface area contributed by atoms with Crippen molar-refractivity contribution in [1.29, 1.82) is 0 Å². The smallest absolute Gasteiger partial charge is 0.123 e. The highest BCUT2D eigenvalue weighted by Gasteiger charge is 2.12.